The fourth-order valence-electron chi connectivity index (χ4n) is 2.96. The molecule has 0 saturated carbocycles. The molecule has 0 N–H and O–H groups in total. The standard InChI is InChI=1S/C18H23N3OS/c1-15(22)18-11-16(14-23-18)12-20-7-4-8-21(10-9-20)13-17-5-2-3-6-19-17/h2-3,5-6,11,14H,4,7-10,12-13H2,1H3. The summed E-state index contributed by atoms with van der Waals surface area (Å²) in [7, 11) is 0. The summed E-state index contributed by atoms with van der Waals surface area (Å²) in [6, 6.07) is 8.15. The van der Waals surface area contributed by atoms with Crippen molar-refractivity contribution in [2.75, 3.05) is 26.2 Å². The number of carbonyl (C=O) groups is 1. The molecule has 2 aromatic heterocycles. The molecule has 1 fully saturated rings. The molecule has 3 rings (SSSR count). The highest BCUT2D eigenvalue weighted by molar-refractivity contribution is 7.12. The summed E-state index contributed by atoms with van der Waals surface area (Å²) in [6.07, 6.45) is 3.04. The summed E-state index contributed by atoms with van der Waals surface area (Å²) in [5.41, 5.74) is 2.41. The third-order valence-electron chi connectivity index (χ3n) is 4.20. The van der Waals surface area contributed by atoms with Crippen molar-refractivity contribution in [3.63, 3.8) is 0 Å². The maximum absolute atomic E-state index is 11.4. The van der Waals surface area contributed by atoms with Crippen molar-refractivity contribution in [2.45, 2.75) is 26.4 Å². The van der Waals surface area contributed by atoms with Crippen molar-refractivity contribution >= 4 is 17.1 Å². The first-order valence-corrected chi connectivity index (χ1v) is 9.01. The Bertz CT molecular complexity index is 641. The van der Waals surface area contributed by atoms with E-state index >= 15 is 0 Å². The van der Waals surface area contributed by atoms with Crippen LogP contribution < -0.4 is 0 Å². The monoisotopic (exact) mass is 329 g/mol. The van der Waals surface area contributed by atoms with Crippen LogP contribution >= 0.6 is 11.3 Å². The van der Waals surface area contributed by atoms with Crippen LogP contribution in [0.25, 0.3) is 0 Å². The van der Waals surface area contributed by atoms with Gasteiger partial charge in [-0.2, -0.15) is 0 Å². The van der Waals surface area contributed by atoms with Gasteiger partial charge in [-0.3, -0.25) is 19.6 Å². The normalized spacial score (nSPS) is 17.1. The van der Waals surface area contributed by atoms with Gasteiger partial charge < -0.3 is 0 Å². The van der Waals surface area contributed by atoms with Gasteiger partial charge in [0.1, 0.15) is 0 Å². The zero-order valence-corrected chi connectivity index (χ0v) is 14.4. The molecule has 0 aromatic carbocycles. The smallest absolute Gasteiger partial charge is 0.169 e. The molecular weight excluding hydrogens is 306 g/mol. The van der Waals surface area contributed by atoms with E-state index in [0.29, 0.717) is 0 Å². The molecule has 0 amide bonds. The van der Waals surface area contributed by atoms with E-state index in [1.165, 1.54) is 12.0 Å². The van der Waals surface area contributed by atoms with E-state index in [1.54, 1.807) is 18.3 Å². The SMILES string of the molecule is CC(=O)c1cc(CN2CCCN(Cc3ccccn3)CC2)cs1. The second-order valence-electron chi connectivity index (χ2n) is 6.10. The maximum Gasteiger partial charge on any atom is 0.169 e. The first kappa shape index (κ1) is 16.3. The van der Waals surface area contributed by atoms with Crippen LogP contribution in [0.1, 0.15) is 34.3 Å². The number of pyridine rings is 1. The molecule has 5 heteroatoms. The summed E-state index contributed by atoms with van der Waals surface area (Å²) < 4.78 is 0. The van der Waals surface area contributed by atoms with Crippen LogP contribution in [0.5, 0.6) is 0 Å². The number of nitrogens with zero attached hydrogens (tertiary/aromatic N) is 3. The zero-order valence-electron chi connectivity index (χ0n) is 13.6. The quantitative estimate of drug-likeness (QED) is 0.790. The number of Topliss-reactive ketones (excluding diaryl/α,β-unsaturated/α-hetero) is 1. The molecule has 0 unspecified atom stereocenters. The fraction of sp³-hybridized carbons (Fsp3) is 0.444. The van der Waals surface area contributed by atoms with E-state index in [4.69, 9.17) is 0 Å². The van der Waals surface area contributed by atoms with Crippen LogP contribution in [0.15, 0.2) is 35.8 Å². The van der Waals surface area contributed by atoms with Crippen molar-refractivity contribution in [3.05, 3.63) is 52.0 Å². The lowest BCUT2D eigenvalue weighted by molar-refractivity contribution is 0.102. The summed E-state index contributed by atoms with van der Waals surface area (Å²) >= 11 is 1.56. The van der Waals surface area contributed by atoms with Crippen LogP contribution in [0, 0.1) is 0 Å². The number of thiophene rings is 1. The maximum atomic E-state index is 11.4. The van der Waals surface area contributed by atoms with Crippen LogP contribution in [-0.2, 0) is 13.1 Å². The lowest BCUT2D eigenvalue weighted by Crippen LogP contribution is -2.30. The third kappa shape index (κ3) is 4.70. The molecule has 4 nitrogen and oxygen atoms in total. The minimum atomic E-state index is 0.165. The molecule has 1 aliphatic heterocycles. The number of aromatic nitrogens is 1. The number of hydrogen-bond acceptors (Lipinski definition) is 5. The highest BCUT2D eigenvalue weighted by Crippen LogP contribution is 2.18. The van der Waals surface area contributed by atoms with Crippen molar-refractivity contribution < 1.29 is 4.79 Å². The Morgan fingerprint density at radius 1 is 1.17 bits per heavy atom. The second-order valence-corrected chi connectivity index (χ2v) is 7.01. The molecule has 3 heterocycles. The van der Waals surface area contributed by atoms with Gasteiger partial charge in [-0.15, -0.1) is 11.3 Å². The van der Waals surface area contributed by atoms with E-state index < -0.39 is 0 Å². The van der Waals surface area contributed by atoms with E-state index in [9.17, 15) is 4.79 Å². The van der Waals surface area contributed by atoms with Crippen molar-refractivity contribution in [1.29, 1.82) is 0 Å². The minimum Gasteiger partial charge on any atom is -0.298 e. The summed E-state index contributed by atoms with van der Waals surface area (Å²) in [6.45, 7) is 7.89. The molecule has 2 aromatic rings. The van der Waals surface area contributed by atoms with Crippen LogP contribution in [-0.4, -0.2) is 46.7 Å². The van der Waals surface area contributed by atoms with Gasteiger partial charge >= 0.3 is 0 Å². The van der Waals surface area contributed by atoms with E-state index in [2.05, 4.69) is 32.3 Å². The second kappa shape index (κ2) is 7.81. The Labute approximate surface area is 141 Å². The lowest BCUT2D eigenvalue weighted by atomic mass is 10.2. The van der Waals surface area contributed by atoms with Gasteiger partial charge in [-0.05, 0) is 55.6 Å². The van der Waals surface area contributed by atoms with Gasteiger partial charge in [0.05, 0.1) is 10.6 Å². The van der Waals surface area contributed by atoms with E-state index in [-0.39, 0.29) is 5.78 Å². The van der Waals surface area contributed by atoms with Gasteiger partial charge in [0.25, 0.3) is 0 Å². The van der Waals surface area contributed by atoms with Gasteiger partial charge in [-0.25, -0.2) is 0 Å². The Morgan fingerprint density at radius 3 is 2.61 bits per heavy atom. The average molecular weight is 329 g/mol. The molecule has 1 saturated heterocycles. The zero-order chi connectivity index (χ0) is 16.1. The molecule has 1 aliphatic rings. The predicted molar refractivity (Wildman–Crippen MR) is 93.7 cm³/mol. The molecule has 23 heavy (non-hydrogen) atoms. The average Bonchev–Trinajstić information content (AvgIpc) is 2.91. The molecule has 0 bridgehead atoms. The predicted octanol–water partition coefficient (Wildman–Crippen LogP) is 3.05. The summed E-state index contributed by atoms with van der Waals surface area (Å²) in [5, 5.41) is 2.12. The fourth-order valence-corrected chi connectivity index (χ4v) is 3.77. The number of rotatable bonds is 5. The molecule has 0 aliphatic carbocycles. The van der Waals surface area contributed by atoms with Gasteiger partial charge in [0.15, 0.2) is 5.78 Å². The van der Waals surface area contributed by atoms with Crippen LogP contribution in [0.3, 0.4) is 0 Å². The Morgan fingerprint density at radius 2 is 1.96 bits per heavy atom. The molecule has 0 spiro atoms. The van der Waals surface area contributed by atoms with Crippen molar-refractivity contribution in [1.82, 2.24) is 14.8 Å². The largest absolute Gasteiger partial charge is 0.298 e. The summed E-state index contributed by atoms with van der Waals surface area (Å²) in [5.74, 6) is 0.165. The van der Waals surface area contributed by atoms with Crippen molar-refractivity contribution in [2.24, 2.45) is 0 Å². The molecule has 0 radical (unpaired) electrons. The Kier molecular flexibility index (Phi) is 5.54. The number of carbonyl (C=O) groups excluding carboxylic acids is 1. The highest BCUT2D eigenvalue weighted by atomic mass is 32.1. The molecule has 122 valence electrons. The van der Waals surface area contributed by atoms with E-state index in [1.807, 2.05) is 18.3 Å². The first-order valence-electron chi connectivity index (χ1n) is 8.13. The first-order chi connectivity index (χ1) is 11.2. The minimum absolute atomic E-state index is 0.165. The highest BCUT2D eigenvalue weighted by Gasteiger charge is 2.16. The third-order valence-corrected chi connectivity index (χ3v) is 5.28. The Hall–Kier alpha value is -1.56. The topological polar surface area (TPSA) is 36.4 Å². The lowest BCUT2D eigenvalue weighted by Gasteiger charge is -2.21. The van der Waals surface area contributed by atoms with Crippen molar-refractivity contribution in [3.8, 4) is 0 Å². The van der Waals surface area contributed by atoms with Gasteiger partial charge in [-0.1, -0.05) is 6.07 Å². The van der Waals surface area contributed by atoms with Gasteiger partial charge in [0, 0.05) is 32.4 Å². The number of ketones is 1. The van der Waals surface area contributed by atoms with E-state index in [0.717, 1.165) is 49.8 Å². The Balaban J connectivity index is 1.52. The van der Waals surface area contributed by atoms with Crippen LogP contribution in [0.4, 0.5) is 0 Å². The molecule has 0 atom stereocenters. The summed E-state index contributed by atoms with van der Waals surface area (Å²) in [4.78, 5) is 21.7. The molecular formula is C18H23N3OS. The number of hydrogen-bond donors (Lipinski definition) is 0. The van der Waals surface area contributed by atoms with Crippen LogP contribution in [0.2, 0.25) is 0 Å². The van der Waals surface area contributed by atoms with Gasteiger partial charge in [0.2, 0.25) is 0 Å².